The number of aryl methyl sites for hydroxylation is 1. The Labute approximate surface area is 134 Å². The number of H-pyrrole nitrogens is 1. The Morgan fingerprint density at radius 2 is 2.27 bits per heavy atom. The predicted molar refractivity (Wildman–Crippen MR) is 90.3 cm³/mol. The van der Waals surface area contributed by atoms with Gasteiger partial charge in [-0.1, -0.05) is 18.2 Å². The van der Waals surface area contributed by atoms with Crippen molar-refractivity contribution in [2.45, 2.75) is 25.2 Å². The van der Waals surface area contributed by atoms with Crippen LogP contribution in [0.2, 0.25) is 0 Å². The molecule has 0 bridgehead atoms. The molecule has 0 saturated carbocycles. The minimum absolute atomic E-state index is 0.661. The molecule has 1 saturated heterocycles. The summed E-state index contributed by atoms with van der Waals surface area (Å²) in [4.78, 5) is 10.2. The van der Waals surface area contributed by atoms with Gasteiger partial charge in [-0.15, -0.1) is 0 Å². The molecule has 4 rings (SSSR count). The third-order valence-corrected chi connectivity index (χ3v) is 5.13. The van der Waals surface area contributed by atoms with E-state index in [1.807, 2.05) is 5.51 Å². The molecule has 2 aromatic heterocycles. The van der Waals surface area contributed by atoms with Crippen molar-refractivity contribution in [1.29, 1.82) is 0 Å². The van der Waals surface area contributed by atoms with E-state index in [4.69, 9.17) is 0 Å². The normalized spacial score (nSPS) is 19.2. The first-order chi connectivity index (χ1) is 10.9. The molecule has 4 nitrogen and oxygen atoms in total. The SMILES string of the molecule is c1ccc2c(C3CCN(CCCc4ncsn4)C3)c[nH]c2c1. The van der Waals surface area contributed by atoms with Crippen LogP contribution in [-0.4, -0.2) is 38.9 Å². The second kappa shape index (κ2) is 6.18. The largest absolute Gasteiger partial charge is 0.361 e. The number of benzene rings is 1. The van der Waals surface area contributed by atoms with E-state index in [1.165, 1.54) is 47.5 Å². The lowest BCUT2D eigenvalue weighted by atomic mass is 9.98. The molecule has 0 spiro atoms. The Hall–Kier alpha value is -1.72. The van der Waals surface area contributed by atoms with E-state index in [0.717, 1.165) is 25.2 Å². The van der Waals surface area contributed by atoms with Crippen molar-refractivity contribution in [3.63, 3.8) is 0 Å². The number of nitrogens with zero attached hydrogens (tertiary/aromatic N) is 3. The van der Waals surface area contributed by atoms with E-state index in [1.54, 1.807) is 0 Å². The highest BCUT2D eigenvalue weighted by atomic mass is 32.1. The van der Waals surface area contributed by atoms with Crippen molar-refractivity contribution >= 4 is 22.4 Å². The highest BCUT2D eigenvalue weighted by molar-refractivity contribution is 7.03. The molecule has 1 unspecified atom stereocenters. The molecule has 0 amide bonds. The van der Waals surface area contributed by atoms with Gasteiger partial charge in [-0.25, -0.2) is 4.98 Å². The quantitative estimate of drug-likeness (QED) is 0.785. The number of hydrogen-bond acceptors (Lipinski definition) is 4. The molecule has 1 aromatic carbocycles. The molecule has 5 heteroatoms. The van der Waals surface area contributed by atoms with Gasteiger partial charge in [0.25, 0.3) is 0 Å². The van der Waals surface area contributed by atoms with E-state index in [9.17, 15) is 0 Å². The van der Waals surface area contributed by atoms with Crippen molar-refractivity contribution in [2.75, 3.05) is 19.6 Å². The highest BCUT2D eigenvalue weighted by Crippen LogP contribution is 2.32. The maximum absolute atomic E-state index is 4.28. The van der Waals surface area contributed by atoms with Gasteiger partial charge < -0.3 is 9.88 Å². The summed E-state index contributed by atoms with van der Waals surface area (Å²) < 4.78 is 4.28. The van der Waals surface area contributed by atoms with Crippen LogP contribution in [0, 0.1) is 0 Å². The first-order valence-corrected chi connectivity index (χ1v) is 8.77. The van der Waals surface area contributed by atoms with Crippen LogP contribution in [0.1, 0.15) is 30.1 Å². The van der Waals surface area contributed by atoms with E-state index < -0.39 is 0 Å². The zero-order valence-corrected chi connectivity index (χ0v) is 13.4. The van der Waals surface area contributed by atoms with Crippen LogP contribution in [-0.2, 0) is 6.42 Å². The summed E-state index contributed by atoms with van der Waals surface area (Å²) in [6.07, 6.45) is 5.61. The fourth-order valence-electron chi connectivity index (χ4n) is 3.48. The summed E-state index contributed by atoms with van der Waals surface area (Å²) in [5.74, 6) is 1.66. The van der Waals surface area contributed by atoms with Gasteiger partial charge in [0, 0.05) is 30.1 Å². The van der Waals surface area contributed by atoms with Gasteiger partial charge in [-0.2, -0.15) is 4.37 Å². The Morgan fingerprint density at radius 3 is 3.18 bits per heavy atom. The Bertz CT molecular complexity index is 734. The lowest BCUT2D eigenvalue weighted by Crippen LogP contribution is -2.22. The van der Waals surface area contributed by atoms with Gasteiger partial charge in [0.15, 0.2) is 0 Å². The molecule has 22 heavy (non-hydrogen) atoms. The maximum Gasteiger partial charge on any atom is 0.142 e. The van der Waals surface area contributed by atoms with Crippen molar-refractivity contribution in [1.82, 2.24) is 19.2 Å². The molecule has 114 valence electrons. The lowest BCUT2D eigenvalue weighted by molar-refractivity contribution is 0.329. The van der Waals surface area contributed by atoms with Gasteiger partial charge >= 0.3 is 0 Å². The van der Waals surface area contributed by atoms with E-state index in [-0.39, 0.29) is 0 Å². The number of nitrogens with one attached hydrogen (secondary N) is 1. The first kappa shape index (κ1) is 13.9. The molecule has 1 N–H and O–H groups in total. The predicted octanol–water partition coefficient (Wildman–Crippen LogP) is 3.44. The van der Waals surface area contributed by atoms with Crippen LogP contribution in [0.15, 0.2) is 36.0 Å². The van der Waals surface area contributed by atoms with Crippen LogP contribution in [0.3, 0.4) is 0 Å². The Morgan fingerprint density at radius 1 is 1.32 bits per heavy atom. The smallest absolute Gasteiger partial charge is 0.142 e. The molecular formula is C17H20N4S. The molecule has 0 radical (unpaired) electrons. The summed E-state index contributed by atoms with van der Waals surface area (Å²) >= 11 is 1.44. The fraction of sp³-hybridized carbons (Fsp3) is 0.412. The van der Waals surface area contributed by atoms with Crippen LogP contribution >= 0.6 is 11.5 Å². The molecule has 1 aliphatic heterocycles. The van der Waals surface area contributed by atoms with Gasteiger partial charge in [-0.05, 0) is 55.0 Å². The lowest BCUT2D eigenvalue weighted by Gasteiger charge is -2.15. The van der Waals surface area contributed by atoms with Gasteiger partial charge in [0.2, 0.25) is 0 Å². The van der Waals surface area contributed by atoms with E-state index in [0.29, 0.717) is 5.92 Å². The molecule has 1 fully saturated rings. The van der Waals surface area contributed by atoms with Crippen LogP contribution in [0.5, 0.6) is 0 Å². The number of rotatable bonds is 5. The Kier molecular flexibility index (Phi) is 3.91. The van der Waals surface area contributed by atoms with E-state index >= 15 is 0 Å². The zero-order chi connectivity index (χ0) is 14.8. The second-order valence-corrected chi connectivity index (χ2v) is 6.63. The fourth-order valence-corrected chi connectivity index (χ4v) is 3.96. The minimum Gasteiger partial charge on any atom is -0.361 e. The topological polar surface area (TPSA) is 44.8 Å². The number of para-hydroxylation sites is 1. The summed E-state index contributed by atoms with van der Waals surface area (Å²) in [6, 6.07) is 8.62. The number of aromatic nitrogens is 3. The van der Waals surface area contributed by atoms with Crippen molar-refractivity contribution in [3.8, 4) is 0 Å². The third-order valence-electron chi connectivity index (χ3n) is 4.62. The molecule has 1 aliphatic rings. The monoisotopic (exact) mass is 312 g/mol. The average molecular weight is 312 g/mol. The second-order valence-electron chi connectivity index (χ2n) is 6.03. The van der Waals surface area contributed by atoms with Crippen LogP contribution in [0.4, 0.5) is 0 Å². The number of hydrogen-bond donors (Lipinski definition) is 1. The van der Waals surface area contributed by atoms with Crippen molar-refractivity contribution < 1.29 is 0 Å². The first-order valence-electron chi connectivity index (χ1n) is 7.94. The summed E-state index contributed by atoms with van der Waals surface area (Å²) in [7, 11) is 0. The summed E-state index contributed by atoms with van der Waals surface area (Å²) in [6.45, 7) is 3.53. The average Bonchev–Trinajstić information content (AvgIpc) is 3.27. The minimum atomic E-state index is 0.661. The molecule has 3 aromatic rings. The van der Waals surface area contributed by atoms with Crippen LogP contribution in [0.25, 0.3) is 10.9 Å². The maximum atomic E-state index is 4.28. The number of aromatic amines is 1. The molecule has 1 atom stereocenters. The highest BCUT2D eigenvalue weighted by Gasteiger charge is 2.25. The van der Waals surface area contributed by atoms with Crippen molar-refractivity contribution in [3.05, 3.63) is 47.4 Å². The molecular weight excluding hydrogens is 292 g/mol. The van der Waals surface area contributed by atoms with Gasteiger partial charge in [-0.3, -0.25) is 0 Å². The van der Waals surface area contributed by atoms with E-state index in [2.05, 4.69) is 49.7 Å². The zero-order valence-electron chi connectivity index (χ0n) is 12.5. The molecule has 0 aliphatic carbocycles. The summed E-state index contributed by atoms with van der Waals surface area (Å²) in [5, 5.41) is 1.39. The Balaban J connectivity index is 1.36. The third kappa shape index (κ3) is 2.78. The number of fused-ring (bicyclic) bond motifs is 1. The standard InChI is InChI=1S/C17H20N4S/c1-2-5-16-14(4-1)15(10-18-16)13-7-9-21(11-13)8-3-6-17-19-12-22-20-17/h1-2,4-5,10,12-13,18H,3,6-9,11H2. The van der Waals surface area contributed by atoms with Crippen molar-refractivity contribution in [2.24, 2.45) is 0 Å². The van der Waals surface area contributed by atoms with Gasteiger partial charge in [0.05, 0.1) is 0 Å². The van der Waals surface area contributed by atoms with Gasteiger partial charge in [0.1, 0.15) is 11.3 Å². The molecule has 3 heterocycles. The summed E-state index contributed by atoms with van der Waals surface area (Å²) in [5.41, 5.74) is 4.56. The van der Waals surface area contributed by atoms with Crippen LogP contribution < -0.4 is 0 Å². The number of likely N-dealkylation sites (tertiary alicyclic amines) is 1.